The van der Waals surface area contributed by atoms with E-state index in [-0.39, 0.29) is 18.6 Å². The Morgan fingerprint density at radius 2 is 1.81 bits per heavy atom. The average Bonchev–Trinajstić information content (AvgIpc) is 2.63. The van der Waals surface area contributed by atoms with E-state index in [0.717, 1.165) is 19.3 Å². The second-order valence-corrected chi connectivity index (χ2v) is 6.55. The van der Waals surface area contributed by atoms with Crippen LogP contribution in [-0.2, 0) is 9.53 Å². The Morgan fingerprint density at radius 1 is 1.12 bits per heavy atom. The first-order valence-electron chi connectivity index (χ1n) is 9.18. The van der Waals surface area contributed by atoms with Crippen molar-refractivity contribution in [3.8, 4) is 11.5 Å². The monoisotopic (exact) mass is 365 g/mol. The number of rotatable bonds is 11. The van der Waals surface area contributed by atoms with E-state index in [2.05, 4.69) is 19.2 Å². The van der Waals surface area contributed by atoms with Gasteiger partial charge in [-0.25, -0.2) is 4.79 Å². The molecule has 1 N–H and O–H groups in total. The molecule has 0 aliphatic carbocycles. The van der Waals surface area contributed by atoms with Gasteiger partial charge in [0.15, 0.2) is 18.1 Å². The number of amides is 1. The number of hydrogen-bond donors (Lipinski definition) is 1. The van der Waals surface area contributed by atoms with Crippen LogP contribution in [0.4, 0.5) is 0 Å². The van der Waals surface area contributed by atoms with Gasteiger partial charge in [0, 0.05) is 6.04 Å². The summed E-state index contributed by atoms with van der Waals surface area (Å²) in [5.74, 6) is 0.714. The Labute approximate surface area is 156 Å². The van der Waals surface area contributed by atoms with Gasteiger partial charge in [0.05, 0.1) is 19.3 Å². The van der Waals surface area contributed by atoms with Crippen LogP contribution in [0.15, 0.2) is 18.2 Å². The maximum Gasteiger partial charge on any atom is 0.338 e. The highest BCUT2D eigenvalue weighted by Crippen LogP contribution is 2.28. The number of nitrogens with one attached hydrogen (secondary N) is 1. The zero-order valence-corrected chi connectivity index (χ0v) is 16.5. The van der Waals surface area contributed by atoms with E-state index in [1.165, 1.54) is 7.11 Å². The predicted molar refractivity (Wildman–Crippen MR) is 101 cm³/mol. The predicted octanol–water partition coefficient (Wildman–Crippen LogP) is 3.58. The largest absolute Gasteiger partial charge is 0.493 e. The number of hydrogen-bond acceptors (Lipinski definition) is 5. The SMILES string of the molecule is CCC(CC)NC(=O)COC(=O)c1ccc(OCCC(C)C)c(OC)c1. The molecular formula is C20H31NO5. The summed E-state index contributed by atoms with van der Waals surface area (Å²) in [6, 6.07) is 4.95. The fourth-order valence-corrected chi connectivity index (χ4v) is 2.29. The minimum Gasteiger partial charge on any atom is -0.493 e. The molecule has 0 fully saturated rings. The summed E-state index contributed by atoms with van der Waals surface area (Å²) < 4.78 is 16.1. The molecular weight excluding hydrogens is 334 g/mol. The van der Waals surface area contributed by atoms with Gasteiger partial charge in [-0.2, -0.15) is 0 Å². The summed E-state index contributed by atoms with van der Waals surface area (Å²) >= 11 is 0. The maximum absolute atomic E-state index is 12.2. The first-order valence-corrected chi connectivity index (χ1v) is 9.18. The van der Waals surface area contributed by atoms with E-state index < -0.39 is 5.97 Å². The third-order valence-electron chi connectivity index (χ3n) is 4.04. The molecule has 6 nitrogen and oxygen atoms in total. The first kappa shape index (κ1) is 21.8. The molecule has 0 heterocycles. The number of esters is 1. The summed E-state index contributed by atoms with van der Waals surface area (Å²) in [7, 11) is 1.52. The van der Waals surface area contributed by atoms with Gasteiger partial charge in [-0.05, 0) is 43.4 Å². The molecule has 1 rings (SSSR count). The van der Waals surface area contributed by atoms with Crippen LogP contribution in [0.2, 0.25) is 0 Å². The van der Waals surface area contributed by atoms with Crippen LogP contribution in [-0.4, -0.2) is 38.2 Å². The van der Waals surface area contributed by atoms with E-state index >= 15 is 0 Å². The standard InChI is InChI=1S/C20H31NO5/c1-6-16(7-2)21-19(22)13-26-20(23)15-8-9-17(18(12-15)24-5)25-11-10-14(3)4/h8-9,12,14,16H,6-7,10-11,13H2,1-5H3,(H,21,22). The third kappa shape index (κ3) is 7.33. The van der Waals surface area contributed by atoms with Crippen LogP contribution in [0.25, 0.3) is 0 Å². The topological polar surface area (TPSA) is 73.9 Å². The molecule has 0 radical (unpaired) electrons. The third-order valence-corrected chi connectivity index (χ3v) is 4.04. The minimum absolute atomic E-state index is 0.101. The van der Waals surface area contributed by atoms with Crippen LogP contribution < -0.4 is 14.8 Å². The van der Waals surface area contributed by atoms with E-state index in [1.54, 1.807) is 18.2 Å². The van der Waals surface area contributed by atoms with Gasteiger partial charge < -0.3 is 19.5 Å². The summed E-state index contributed by atoms with van der Waals surface area (Å²) in [6.45, 7) is 8.52. The van der Waals surface area contributed by atoms with Gasteiger partial charge in [-0.15, -0.1) is 0 Å². The molecule has 0 aliphatic rings. The lowest BCUT2D eigenvalue weighted by atomic mass is 10.1. The van der Waals surface area contributed by atoms with Gasteiger partial charge in [-0.1, -0.05) is 27.7 Å². The van der Waals surface area contributed by atoms with E-state index in [4.69, 9.17) is 14.2 Å². The Balaban J connectivity index is 2.62. The molecule has 26 heavy (non-hydrogen) atoms. The molecule has 1 amide bonds. The van der Waals surface area contributed by atoms with E-state index in [0.29, 0.717) is 29.6 Å². The Bertz CT molecular complexity index is 582. The lowest BCUT2D eigenvalue weighted by Gasteiger charge is -2.15. The fraction of sp³-hybridized carbons (Fsp3) is 0.600. The van der Waals surface area contributed by atoms with Gasteiger partial charge in [0.1, 0.15) is 0 Å². The highest BCUT2D eigenvalue weighted by molar-refractivity contribution is 5.92. The summed E-state index contributed by atoms with van der Waals surface area (Å²) in [5, 5.41) is 2.83. The number of benzene rings is 1. The maximum atomic E-state index is 12.2. The van der Waals surface area contributed by atoms with Crippen molar-refractivity contribution >= 4 is 11.9 Å². The molecule has 6 heteroatoms. The number of carbonyl (C=O) groups is 2. The number of methoxy groups -OCH3 is 1. The molecule has 0 saturated heterocycles. The summed E-state index contributed by atoms with van der Waals surface area (Å²) in [6.07, 6.45) is 2.61. The molecule has 146 valence electrons. The Hall–Kier alpha value is -2.24. The van der Waals surface area contributed by atoms with Crippen molar-refractivity contribution in [3.05, 3.63) is 23.8 Å². The van der Waals surface area contributed by atoms with Crippen molar-refractivity contribution in [2.75, 3.05) is 20.3 Å². The lowest BCUT2D eigenvalue weighted by Crippen LogP contribution is -2.36. The van der Waals surface area contributed by atoms with Crippen LogP contribution in [0.1, 0.15) is 57.3 Å². The molecule has 0 unspecified atom stereocenters. The quantitative estimate of drug-likeness (QED) is 0.607. The Morgan fingerprint density at radius 3 is 2.38 bits per heavy atom. The molecule has 1 aromatic rings. The zero-order chi connectivity index (χ0) is 19.5. The smallest absolute Gasteiger partial charge is 0.338 e. The molecule has 0 aliphatic heterocycles. The van der Waals surface area contributed by atoms with Crippen molar-refractivity contribution in [3.63, 3.8) is 0 Å². The van der Waals surface area contributed by atoms with E-state index in [1.807, 2.05) is 13.8 Å². The van der Waals surface area contributed by atoms with Gasteiger partial charge in [-0.3, -0.25) is 4.79 Å². The van der Waals surface area contributed by atoms with Crippen LogP contribution in [0.3, 0.4) is 0 Å². The zero-order valence-electron chi connectivity index (χ0n) is 16.5. The van der Waals surface area contributed by atoms with Crippen molar-refractivity contribution in [1.29, 1.82) is 0 Å². The van der Waals surface area contributed by atoms with Gasteiger partial charge in [0.2, 0.25) is 0 Å². The molecule has 0 spiro atoms. The molecule has 0 bridgehead atoms. The lowest BCUT2D eigenvalue weighted by molar-refractivity contribution is -0.125. The van der Waals surface area contributed by atoms with Crippen LogP contribution >= 0.6 is 0 Å². The van der Waals surface area contributed by atoms with Crippen molar-refractivity contribution < 1.29 is 23.8 Å². The Kier molecular flexibility index (Phi) is 9.55. The molecule has 0 saturated carbocycles. The molecule has 1 aromatic carbocycles. The highest BCUT2D eigenvalue weighted by atomic mass is 16.5. The fourth-order valence-electron chi connectivity index (χ4n) is 2.29. The minimum atomic E-state index is -0.572. The highest BCUT2D eigenvalue weighted by Gasteiger charge is 2.15. The second-order valence-electron chi connectivity index (χ2n) is 6.55. The van der Waals surface area contributed by atoms with Crippen molar-refractivity contribution in [2.24, 2.45) is 5.92 Å². The molecule has 0 aromatic heterocycles. The second kappa shape index (κ2) is 11.4. The van der Waals surface area contributed by atoms with Gasteiger partial charge in [0.25, 0.3) is 5.91 Å². The molecule has 0 atom stereocenters. The summed E-state index contributed by atoms with van der Waals surface area (Å²) in [4.78, 5) is 24.0. The number of carbonyl (C=O) groups excluding carboxylic acids is 2. The van der Waals surface area contributed by atoms with Crippen molar-refractivity contribution in [2.45, 2.75) is 53.0 Å². The summed E-state index contributed by atoms with van der Waals surface area (Å²) in [5.41, 5.74) is 0.313. The first-order chi connectivity index (χ1) is 12.4. The average molecular weight is 365 g/mol. The van der Waals surface area contributed by atoms with E-state index in [9.17, 15) is 9.59 Å². The van der Waals surface area contributed by atoms with Gasteiger partial charge >= 0.3 is 5.97 Å². The van der Waals surface area contributed by atoms with Crippen LogP contribution in [0.5, 0.6) is 11.5 Å². The number of ether oxygens (including phenoxy) is 3. The normalized spacial score (nSPS) is 10.7. The van der Waals surface area contributed by atoms with Crippen molar-refractivity contribution in [1.82, 2.24) is 5.32 Å². The van der Waals surface area contributed by atoms with Crippen LogP contribution in [0, 0.1) is 5.92 Å².